The van der Waals surface area contributed by atoms with E-state index in [1.54, 1.807) is 0 Å². The summed E-state index contributed by atoms with van der Waals surface area (Å²) in [6.07, 6.45) is 4.49. The Kier molecular flexibility index (Phi) is 7.15. The Hall–Kier alpha value is -2.09. The van der Waals surface area contributed by atoms with Gasteiger partial charge in [-0.2, -0.15) is 0 Å². The van der Waals surface area contributed by atoms with Crippen LogP contribution in [0.5, 0.6) is 0 Å². The molecule has 0 amide bonds. The molecule has 2 fully saturated rings. The number of rotatable bonds is 9. The highest BCUT2D eigenvalue weighted by Crippen LogP contribution is 2.43. The van der Waals surface area contributed by atoms with Crippen molar-refractivity contribution in [1.82, 2.24) is 10.6 Å². The lowest BCUT2D eigenvalue weighted by atomic mass is 9.85. The number of nitrogens with one attached hydrogen (secondary N) is 2. The molecule has 0 saturated carbocycles. The third-order valence-electron chi connectivity index (χ3n) is 6.84. The topological polar surface area (TPSA) is 98.7 Å². The molecule has 6 nitrogen and oxygen atoms in total. The molecule has 7 heteroatoms. The van der Waals surface area contributed by atoms with E-state index in [-0.39, 0.29) is 23.7 Å². The van der Waals surface area contributed by atoms with E-state index in [9.17, 15) is 19.8 Å². The maximum absolute atomic E-state index is 11.8. The zero-order valence-electron chi connectivity index (χ0n) is 17.7. The molecule has 168 valence electrons. The van der Waals surface area contributed by atoms with Gasteiger partial charge in [-0.1, -0.05) is 24.3 Å². The Labute approximate surface area is 186 Å². The number of carboxylic acid groups (broad SMARTS) is 2. The average Bonchev–Trinajstić information content (AvgIpc) is 3.53. The largest absolute Gasteiger partial charge is 0.481 e. The molecule has 1 unspecified atom stereocenters. The van der Waals surface area contributed by atoms with E-state index < -0.39 is 22.8 Å². The fraction of sp³-hybridized carbons (Fsp3) is 0.500. The number of hydrogen-bond donors (Lipinski definition) is 5. The third kappa shape index (κ3) is 5.40. The SMILES string of the molecule is O=C(O)[C@@H](Cc1cccc(C2=C[SH](C[C@H](C(=O)O)[C@H]3CCNC3)C=C2)c1)[C@H]1CCNC1. The minimum Gasteiger partial charge on any atom is -0.481 e. The lowest BCUT2D eigenvalue weighted by molar-refractivity contribution is -0.144. The second-order valence-electron chi connectivity index (χ2n) is 8.90. The molecule has 3 heterocycles. The third-order valence-corrected chi connectivity index (χ3v) is 8.80. The minimum absolute atomic E-state index is 0.178. The molecular weight excluding hydrogens is 412 g/mol. The molecular formula is C24H32N2O4S. The van der Waals surface area contributed by atoms with Crippen LogP contribution in [0.15, 0.2) is 41.2 Å². The molecule has 1 aromatic rings. The van der Waals surface area contributed by atoms with Crippen molar-refractivity contribution in [1.29, 1.82) is 0 Å². The van der Waals surface area contributed by atoms with Crippen LogP contribution in [-0.2, 0) is 16.0 Å². The first-order valence-corrected chi connectivity index (χ1v) is 12.8. The lowest BCUT2D eigenvalue weighted by Crippen LogP contribution is -2.28. The van der Waals surface area contributed by atoms with Gasteiger partial charge >= 0.3 is 11.9 Å². The average molecular weight is 445 g/mol. The first kappa shape index (κ1) is 22.1. The first-order valence-electron chi connectivity index (χ1n) is 11.1. The fourth-order valence-corrected chi connectivity index (χ4v) is 7.18. The van der Waals surface area contributed by atoms with E-state index in [0.717, 1.165) is 55.7 Å². The quantitative estimate of drug-likeness (QED) is 0.376. The summed E-state index contributed by atoms with van der Waals surface area (Å²) in [5.74, 6) is -0.995. The number of hydrogen-bond acceptors (Lipinski definition) is 4. The maximum Gasteiger partial charge on any atom is 0.307 e. The molecule has 0 radical (unpaired) electrons. The van der Waals surface area contributed by atoms with Gasteiger partial charge < -0.3 is 20.8 Å². The Bertz CT molecular complexity index is 872. The van der Waals surface area contributed by atoms with Gasteiger partial charge in [0.05, 0.1) is 11.8 Å². The molecule has 0 aliphatic carbocycles. The molecule has 4 N–H and O–H groups in total. The van der Waals surface area contributed by atoms with E-state index >= 15 is 0 Å². The van der Waals surface area contributed by atoms with Gasteiger partial charge in [-0.3, -0.25) is 9.59 Å². The van der Waals surface area contributed by atoms with E-state index in [4.69, 9.17) is 0 Å². The Balaban J connectivity index is 1.44. The van der Waals surface area contributed by atoms with Crippen molar-refractivity contribution in [2.75, 3.05) is 31.9 Å². The van der Waals surface area contributed by atoms with E-state index in [2.05, 4.69) is 39.7 Å². The van der Waals surface area contributed by atoms with Crippen molar-refractivity contribution in [3.63, 3.8) is 0 Å². The second-order valence-corrected chi connectivity index (χ2v) is 10.8. The second kappa shape index (κ2) is 10.0. The Morgan fingerprint density at radius 2 is 1.71 bits per heavy atom. The summed E-state index contributed by atoms with van der Waals surface area (Å²) < 4.78 is 0. The van der Waals surface area contributed by atoms with Crippen LogP contribution in [0.4, 0.5) is 0 Å². The van der Waals surface area contributed by atoms with Crippen molar-refractivity contribution in [3.8, 4) is 0 Å². The van der Waals surface area contributed by atoms with Gasteiger partial charge in [-0.05, 0) is 96.6 Å². The van der Waals surface area contributed by atoms with Crippen LogP contribution in [-0.4, -0.2) is 54.1 Å². The Morgan fingerprint density at radius 3 is 2.32 bits per heavy atom. The predicted molar refractivity (Wildman–Crippen MR) is 125 cm³/mol. The molecule has 31 heavy (non-hydrogen) atoms. The van der Waals surface area contributed by atoms with Gasteiger partial charge in [0.2, 0.25) is 0 Å². The monoisotopic (exact) mass is 444 g/mol. The number of aliphatic carboxylic acids is 2. The zero-order chi connectivity index (χ0) is 21.8. The molecule has 0 bridgehead atoms. The van der Waals surface area contributed by atoms with E-state index in [1.165, 1.54) is 0 Å². The fourth-order valence-electron chi connectivity index (χ4n) is 5.01. The number of allylic oxidation sites excluding steroid dienone is 2. The molecule has 3 aliphatic heterocycles. The van der Waals surface area contributed by atoms with Gasteiger partial charge in [-0.25, -0.2) is 10.9 Å². The first-order chi connectivity index (χ1) is 15.0. The summed E-state index contributed by atoms with van der Waals surface area (Å²) in [6, 6.07) is 8.16. The normalized spacial score (nSPS) is 28.4. The highest BCUT2D eigenvalue weighted by molar-refractivity contribution is 8.22. The number of carboxylic acids is 2. The summed E-state index contributed by atoms with van der Waals surface area (Å²) in [5.41, 5.74) is 3.25. The lowest BCUT2D eigenvalue weighted by Gasteiger charge is -2.22. The molecule has 0 spiro atoms. The van der Waals surface area contributed by atoms with Crippen molar-refractivity contribution < 1.29 is 19.8 Å². The van der Waals surface area contributed by atoms with Crippen molar-refractivity contribution in [3.05, 3.63) is 52.3 Å². The molecule has 5 atom stereocenters. The van der Waals surface area contributed by atoms with Crippen LogP contribution in [0.1, 0.15) is 24.0 Å². The highest BCUT2D eigenvalue weighted by Gasteiger charge is 2.32. The van der Waals surface area contributed by atoms with Crippen LogP contribution in [0.2, 0.25) is 0 Å². The molecule has 0 aromatic heterocycles. The minimum atomic E-state index is -0.719. The van der Waals surface area contributed by atoms with Crippen LogP contribution < -0.4 is 10.6 Å². The van der Waals surface area contributed by atoms with Crippen molar-refractivity contribution in [2.45, 2.75) is 19.3 Å². The smallest absolute Gasteiger partial charge is 0.307 e. The maximum atomic E-state index is 11.8. The summed E-state index contributed by atoms with van der Waals surface area (Å²) >= 11 is 0. The number of thiol groups is 1. The van der Waals surface area contributed by atoms with E-state index in [0.29, 0.717) is 12.2 Å². The number of carbonyl (C=O) groups is 2. The van der Waals surface area contributed by atoms with E-state index in [1.807, 2.05) is 12.1 Å². The Morgan fingerprint density at radius 1 is 1.03 bits per heavy atom. The van der Waals surface area contributed by atoms with Crippen molar-refractivity contribution in [2.24, 2.45) is 23.7 Å². The number of benzene rings is 1. The summed E-state index contributed by atoms with van der Waals surface area (Å²) in [5, 5.41) is 30.4. The standard InChI is InChI=1S/C24H32N2O4S/c27-23(28)21(18-4-7-25-12-18)11-16-2-1-3-17(10-16)20-6-9-31(14-20)15-22(24(29)30)19-5-8-26-13-19/h1-3,6,9-10,14,18-19,21-22,25-26,31H,4-5,7-8,11-13,15H2,(H,27,28)(H,29,30)/t18-,19-,21-,22-/m0/s1. The van der Waals surface area contributed by atoms with Crippen molar-refractivity contribution >= 4 is 28.4 Å². The van der Waals surface area contributed by atoms with Crippen LogP contribution in [0.3, 0.4) is 0 Å². The van der Waals surface area contributed by atoms with Crippen LogP contribution in [0, 0.1) is 23.7 Å². The summed E-state index contributed by atoms with van der Waals surface area (Å²) in [7, 11) is -0.594. The molecule has 4 rings (SSSR count). The zero-order valence-corrected chi connectivity index (χ0v) is 18.6. The molecule has 2 saturated heterocycles. The van der Waals surface area contributed by atoms with Gasteiger partial charge in [0.1, 0.15) is 0 Å². The predicted octanol–water partition coefficient (Wildman–Crippen LogP) is 2.72. The highest BCUT2D eigenvalue weighted by atomic mass is 32.2. The molecule has 3 aliphatic rings. The van der Waals surface area contributed by atoms with Crippen LogP contribution >= 0.6 is 10.9 Å². The summed E-state index contributed by atoms with van der Waals surface area (Å²) in [4.78, 5) is 23.7. The van der Waals surface area contributed by atoms with Gasteiger partial charge in [0.15, 0.2) is 0 Å². The molecule has 1 aromatic carbocycles. The van der Waals surface area contributed by atoms with Gasteiger partial charge in [-0.15, -0.1) is 0 Å². The summed E-state index contributed by atoms with van der Waals surface area (Å²) in [6.45, 7) is 3.37. The van der Waals surface area contributed by atoms with Gasteiger partial charge in [0, 0.05) is 0 Å². The van der Waals surface area contributed by atoms with Gasteiger partial charge in [0.25, 0.3) is 0 Å². The van der Waals surface area contributed by atoms with Crippen LogP contribution in [0.25, 0.3) is 5.57 Å².